The molecule has 0 aliphatic carbocycles. The SMILES string of the molecule is NCCN(C=O)Cc1cnc[nH]1. The Hall–Kier alpha value is -1.36. The molecule has 0 aliphatic rings. The van der Waals surface area contributed by atoms with Gasteiger partial charge in [-0.2, -0.15) is 0 Å². The van der Waals surface area contributed by atoms with Crippen LogP contribution in [0.5, 0.6) is 0 Å². The van der Waals surface area contributed by atoms with Crippen molar-refractivity contribution in [1.29, 1.82) is 0 Å². The van der Waals surface area contributed by atoms with Gasteiger partial charge in [0.25, 0.3) is 0 Å². The van der Waals surface area contributed by atoms with E-state index in [1.54, 1.807) is 17.4 Å². The van der Waals surface area contributed by atoms with Crippen LogP contribution in [0.1, 0.15) is 5.69 Å². The molecule has 1 aromatic heterocycles. The first kappa shape index (κ1) is 8.73. The van der Waals surface area contributed by atoms with E-state index in [4.69, 9.17) is 5.73 Å². The maximum Gasteiger partial charge on any atom is 0.210 e. The Morgan fingerprint density at radius 1 is 1.75 bits per heavy atom. The Balaban J connectivity index is 2.42. The van der Waals surface area contributed by atoms with Crippen molar-refractivity contribution in [2.24, 2.45) is 5.73 Å². The van der Waals surface area contributed by atoms with E-state index in [1.807, 2.05) is 0 Å². The Labute approximate surface area is 70.6 Å². The number of aromatic nitrogens is 2. The highest BCUT2D eigenvalue weighted by Gasteiger charge is 2.01. The predicted octanol–water partition coefficient (Wildman–Crippen LogP) is -0.673. The highest BCUT2D eigenvalue weighted by molar-refractivity contribution is 5.47. The second-order valence-corrected chi connectivity index (χ2v) is 2.44. The number of nitrogens with two attached hydrogens (primary N) is 1. The van der Waals surface area contributed by atoms with Crippen molar-refractivity contribution in [3.63, 3.8) is 0 Å². The zero-order chi connectivity index (χ0) is 8.81. The van der Waals surface area contributed by atoms with Gasteiger partial charge >= 0.3 is 0 Å². The number of hydrogen-bond acceptors (Lipinski definition) is 3. The molecule has 5 nitrogen and oxygen atoms in total. The van der Waals surface area contributed by atoms with Crippen LogP contribution in [-0.4, -0.2) is 34.4 Å². The summed E-state index contributed by atoms with van der Waals surface area (Å²) in [6.07, 6.45) is 4.06. The quantitative estimate of drug-likeness (QED) is 0.572. The van der Waals surface area contributed by atoms with Crippen LogP contribution in [0.25, 0.3) is 0 Å². The molecule has 3 N–H and O–H groups in total. The van der Waals surface area contributed by atoms with E-state index in [0.717, 1.165) is 12.1 Å². The molecule has 0 bridgehead atoms. The molecule has 1 rings (SSSR count). The summed E-state index contributed by atoms with van der Waals surface area (Å²) in [7, 11) is 0. The van der Waals surface area contributed by atoms with Gasteiger partial charge < -0.3 is 15.6 Å². The standard InChI is InChI=1S/C7H12N4O/c8-1-2-11(6-12)4-7-3-9-5-10-7/h3,5-6H,1-2,4,8H2,(H,9,10). The summed E-state index contributed by atoms with van der Waals surface area (Å²) in [5.41, 5.74) is 6.22. The van der Waals surface area contributed by atoms with Crippen LogP contribution in [-0.2, 0) is 11.3 Å². The van der Waals surface area contributed by atoms with Gasteiger partial charge in [-0.3, -0.25) is 4.79 Å². The second kappa shape index (κ2) is 4.50. The second-order valence-electron chi connectivity index (χ2n) is 2.44. The Bertz CT molecular complexity index is 221. The average molecular weight is 168 g/mol. The fourth-order valence-corrected chi connectivity index (χ4v) is 0.925. The molecule has 0 aromatic carbocycles. The summed E-state index contributed by atoms with van der Waals surface area (Å²) >= 11 is 0. The summed E-state index contributed by atoms with van der Waals surface area (Å²) in [6.45, 7) is 1.59. The minimum atomic E-state index is 0.479. The summed E-state index contributed by atoms with van der Waals surface area (Å²) in [5.74, 6) is 0. The van der Waals surface area contributed by atoms with Crippen LogP contribution >= 0.6 is 0 Å². The molecule has 0 aliphatic heterocycles. The lowest BCUT2D eigenvalue weighted by Crippen LogP contribution is -2.27. The largest absolute Gasteiger partial charge is 0.347 e. The monoisotopic (exact) mass is 168 g/mol. The molecule has 0 atom stereocenters. The smallest absolute Gasteiger partial charge is 0.210 e. The van der Waals surface area contributed by atoms with E-state index in [0.29, 0.717) is 19.6 Å². The first-order chi connectivity index (χ1) is 5.86. The van der Waals surface area contributed by atoms with E-state index in [-0.39, 0.29) is 0 Å². The minimum Gasteiger partial charge on any atom is -0.347 e. The maximum atomic E-state index is 10.5. The van der Waals surface area contributed by atoms with E-state index in [2.05, 4.69) is 9.97 Å². The van der Waals surface area contributed by atoms with Crippen LogP contribution in [0, 0.1) is 0 Å². The molecule has 0 saturated heterocycles. The molecule has 12 heavy (non-hydrogen) atoms. The number of nitrogens with one attached hydrogen (secondary N) is 1. The topological polar surface area (TPSA) is 75.0 Å². The lowest BCUT2D eigenvalue weighted by Gasteiger charge is -2.14. The molecule has 5 heteroatoms. The van der Waals surface area contributed by atoms with Crippen LogP contribution in [0.3, 0.4) is 0 Å². The van der Waals surface area contributed by atoms with Gasteiger partial charge in [0.1, 0.15) is 0 Å². The molecule has 0 spiro atoms. The predicted molar refractivity (Wildman–Crippen MR) is 44.1 cm³/mol. The molecule has 0 unspecified atom stereocenters. The van der Waals surface area contributed by atoms with Crippen molar-refractivity contribution in [2.45, 2.75) is 6.54 Å². The van der Waals surface area contributed by atoms with Gasteiger partial charge in [-0.25, -0.2) is 4.98 Å². The molecule has 1 aromatic rings. The number of rotatable bonds is 5. The molecule has 1 heterocycles. The Morgan fingerprint density at radius 2 is 2.58 bits per heavy atom. The third kappa shape index (κ3) is 2.35. The van der Waals surface area contributed by atoms with E-state index in [1.165, 1.54) is 0 Å². The van der Waals surface area contributed by atoms with Crippen LogP contribution in [0.2, 0.25) is 0 Å². The molecule has 0 saturated carbocycles. The molecule has 1 amide bonds. The molecular formula is C7H12N4O. The Morgan fingerprint density at radius 3 is 3.08 bits per heavy atom. The lowest BCUT2D eigenvalue weighted by atomic mass is 10.4. The van der Waals surface area contributed by atoms with E-state index < -0.39 is 0 Å². The van der Waals surface area contributed by atoms with Crippen molar-refractivity contribution in [3.8, 4) is 0 Å². The fraction of sp³-hybridized carbons (Fsp3) is 0.429. The number of imidazole rings is 1. The number of nitrogens with zero attached hydrogens (tertiary/aromatic N) is 2. The zero-order valence-corrected chi connectivity index (χ0v) is 6.73. The molecule has 66 valence electrons. The first-order valence-corrected chi connectivity index (χ1v) is 3.73. The van der Waals surface area contributed by atoms with Crippen molar-refractivity contribution in [1.82, 2.24) is 14.9 Å². The third-order valence-corrected chi connectivity index (χ3v) is 1.49. The van der Waals surface area contributed by atoms with Crippen LogP contribution in [0.4, 0.5) is 0 Å². The fourth-order valence-electron chi connectivity index (χ4n) is 0.925. The number of aromatic amines is 1. The zero-order valence-electron chi connectivity index (χ0n) is 6.73. The van der Waals surface area contributed by atoms with E-state index in [9.17, 15) is 4.79 Å². The highest BCUT2D eigenvalue weighted by atomic mass is 16.1. The first-order valence-electron chi connectivity index (χ1n) is 3.73. The molecule has 0 radical (unpaired) electrons. The van der Waals surface area contributed by atoms with Gasteiger partial charge in [-0.15, -0.1) is 0 Å². The number of carbonyl (C=O) groups excluding carboxylic acids is 1. The van der Waals surface area contributed by atoms with Crippen molar-refractivity contribution < 1.29 is 4.79 Å². The summed E-state index contributed by atoms with van der Waals surface area (Å²) in [4.78, 5) is 18.8. The summed E-state index contributed by atoms with van der Waals surface area (Å²) in [6, 6.07) is 0. The van der Waals surface area contributed by atoms with Gasteiger partial charge in [0, 0.05) is 19.3 Å². The summed E-state index contributed by atoms with van der Waals surface area (Å²) < 4.78 is 0. The number of H-pyrrole nitrogens is 1. The highest BCUT2D eigenvalue weighted by Crippen LogP contribution is 1.95. The van der Waals surface area contributed by atoms with Crippen molar-refractivity contribution in [3.05, 3.63) is 18.2 Å². The number of carbonyl (C=O) groups is 1. The lowest BCUT2D eigenvalue weighted by molar-refractivity contribution is -0.118. The number of amides is 1. The van der Waals surface area contributed by atoms with Gasteiger partial charge in [0.15, 0.2) is 0 Å². The minimum absolute atomic E-state index is 0.479. The van der Waals surface area contributed by atoms with Gasteiger partial charge in [-0.05, 0) is 0 Å². The van der Waals surface area contributed by atoms with Crippen molar-refractivity contribution >= 4 is 6.41 Å². The molecular weight excluding hydrogens is 156 g/mol. The number of hydrogen-bond donors (Lipinski definition) is 2. The normalized spacial score (nSPS) is 9.75. The van der Waals surface area contributed by atoms with E-state index >= 15 is 0 Å². The maximum absolute atomic E-state index is 10.5. The van der Waals surface area contributed by atoms with Gasteiger partial charge in [0.2, 0.25) is 6.41 Å². The van der Waals surface area contributed by atoms with Crippen molar-refractivity contribution in [2.75, 3.05) is 13.1 Å². The average Bonchev–Trinajstić information content (AvgIpc) is 2.56. The molecule has 0 fully saturated rings. The van der Waals surface area contributed by atoms with Crippen LogP contribution in [0.15, 0.2) is 12.5 Å². The summed E-state index contributed by atoms with van der Waals surface area (Å²) in [5, 5.41) is 0. The van der Waals surface area contributed by atoms with Gasteiger partial charge in [0.05, 0.1) is 18.6 Å². The van der Waals surface area contributed by atoms with Gasteiger partial charge in [-0.1, -0.05) is 0 Å². The third-order valence-electron chi connectivity index (χ3n) is 1.49. The Kier molecular flexibility index (Phi) is 3.28. The van der Waals surface area contributed by atoms with Crippen LogP contribution < -0.4 is 5.73 Å².